The predicted molar refractivity (Wildman–Crippen MR) is 96.2 cm³/mol. The number of benzene rings is 1. The molecule has 0 unspecified atom stereocenters. The van der Waals surface area contributed by atoms with E-state index in [1.54, 1.807) is 25.2 Å². The minimum atomic E-state index is -0.399. The summed E-state index contributed by atoms with van der Waals surface area (Å²) in [5, 5.41) is 8.13. The Morgan fingerprint density at radius 1 is 1.30 bits per heavy atom. The lowest BCUT2D eigenvalue weighted by atomic mass is 10.2. The Morgan fingerprint density at radius 3 is 2.67 bits per heavy atom. The number of likely N-dealkylation sites (N-methyl/N-ethyl adjacent to an activating group) is 1. The third kappa shape index (κ3) is 3.82. The monoisotopic (exact) mass is 371 g/mol. The Kier molecular flexibility index (Phi) is 5.51. The summed E-state index contributed by atoms with van der Waals surface area (Å²) in [5.74, 6) is 0.156. The lowest BCUT2D eigenvalue weighted by Crippen LogP contribution is -2.36. The molecule has 2 heterocycles. The van der Waals surface area contributed by atoms with Crippen LogP contribution >= 0.6 is 0 Å². The summed E-state index contributed by atoms with van der Waals surface area (Å²) < 4.78 is 12.6. The SMILES string of the molecule is COCc1nn(CC(=O)N(C)[C@@H](C)c2ccon2)c(=O)n1-c1ccccc1. The van der Waals surface area contributed by atoms with E-state index in [-0.39, 0.29) is 25.1 Å². The Balaban J connectivity index is 1.87. The van der Waals surface area contributed by atoms with Crippen LogP contribution in [-0.2, 0) is 22.7 Å². The maximum atomic E-state index is 12.8. The van der Waals surface area contributed by atoms with Crippen LogP contribution in [0.25, 0.3) is 5.69 Å². The van der Waals surface area contributed by atoms with Crippen molar-refractivity contribution in [1.29, 1.82) is 0 Å². The lowest BCUT2D eigenvalue weighted by Gasteiger charge is -2.22. The molecule has 2 aromatic heterocycles. The number of para-hydroxylation sites is 1. The molecular formula is C18H21N5O4. The predicted octanol–water partition coefficient (Wildman–Crippen LogP) is 1.39. The van der Waals surface area contributed by atoms with Crippen LogP contribution in [0.4, 0.5) is 0 Å². The summed E-state index contributed by atoms with van der Waals surface area (Å²) in [6.45, 7) is 1.79. The quantitative estimate of drug-likeness (QED) is 0.623. The van der Waals surface area contributed by atoms with Gasteiger partial charge in [-0.05, 0) is 19.1 Å². The summed E-state index contributed by atoms with van der Waals surface area (Å²) in [6.07, 6.45) is 1.45. The zero-order valence-electron chi connectivity index (χ0n) is 15.4. The normalized spacial score (nSPS) is 12.1. The number of nitrogens with zero attached hydrogens (tertiary/aromatic N) is 5. The van der Waals surface area contributed by atoms with Gasteiger partial charge in [-0.1, -0.05) is 23.4 Å². The van der Waals surface area contributed by atoms with Gasteiger partial charge in [0.05, 0.1) is 11.7 Å². The van der Waals surface area contributed by atoms with Gasteiger partial charge < -0.3 is 14.2 Å². The van der Waals surface area contributed by atoms with Gasteiger partial charge >= 0.3 is 5.69 Å². The van der Waals surface area contributed by atoms with Crippen molar-refractivity contribution in [1.82, 2.24) is 24.4 Å². The van der Waals surface area contributed by atoms with E-state index in [9.17, 15) is 9.59 Å². The average molecular weight is 371 g/mol. The molecule has 0 fully saturated rings. The molecule has 0 aliphatic heterocycles. The topological polar surface area (TPSA) is 95.4 Å². The molecule has 3 rings (SSSR count). The maximum absolute atomic E-state index is 12.8. The van der Waals surface area contributed by atoms with Gasteiger partial charge in [0, 0.05) is 20.2 Å². The van der Waals surface area contributed by atoms with Crippen LogP contribution in [0.1, 0.15) is 24.5 Å². The van der Waals surface area contributed by atoms with Crippen molar-refractivity contribution in [2.75, 3.05) is 14.2 Å². The number of hydrogen-bond acceptors (Lipinski definition) is 6. The van der Waals surface area contributed by atoms with E-state index < -0.39 is 5.69 Å². The van der Waals surface area contributed by atoms with Gasteiger partial charge in [-0.3, -0.25) is 4.79 Å². The van der Waals surface area contributed by atoms with E-state index in [0.29, 0.717) is 17.2 Å². The van der Waals surface area contributed by atoms with Crippen molar-refractivity contribution in [3.05, 3.63) is 64.7 Å². The molecule has 9 heteroatoms. The molecule has 142 valence electrons. The van der Waals surface area contributed by atoms with Crippen LogP contribution in [0.5, 0.6) is 0 Å². The molecule has 27 heavy (non-hydrogen) atoms. The number of aromatic nitrogens is 4. The van der Waals surface area contributed by atoms with E-state index in [1.165, 1.54) is 22.8 Å². The van der Waals surface area contributed by atoms with Gasteiger partial charge in [0.15, 0.2) is 5.82 Å². The second kappa shape index (κ2) is 8.00. The number of amides is 1. The molecule has 3 aromatic rings. The van der Waals surface area contributed by atoms with Gasteiger partial charge in [-0.25, -0.2) is 14.0 Å². The van der Waals surface area contributed by atoms with Crippen LogP contribution < -0.4 is 5.69 Å². The number of carbonyl (C=O) groups excluding carboxylic acids is 1. The molecular weight excluding hydrogens is 350 g/mol. The zero-order chi connectivity index (χ0) is 19.4. The number of rotatable bonds is 7. The van der Waals surface area contributed by atoms with Gasteiger partial charge in [0.25, 0.3) is 0 Å². The van der Waals surface area contributed by atoms with Crippen molar-refractivity contribution >= 4 is 5.91 Å². The minimum absolute atomic E-state index is 0.149. The molecule has 0 bridgehead atoms. The van der Waals surface area contributed by atoms with Crippen LogP contribution in [0.15, 0.2) is 52.0 Å². The summed E-state index contributed by atoms with van der Waals surface area (Å²) in [6, 6.07) is 10.5. The first kappa shape index (κ1) is 18.6. The smallest absolute Gasteiger partial charge is 0.351 e. The van der Waals surface area contributed by atoms with Gasteiger partial charge in [0.1, 0.15) is 25.1 Å². The third-order valence-corrected chi connectivity index (χ3v) is 4.34. The fraction of sp³-hybridized carbons (Fsp3) is 0.333. The fourth-order valence-corrected chi connectivity index (χ4v) is 2.71. The van der Waals surface area contributed by atoms with E-state index >= 15 is 0 Å². The molecule has 0 spiro atoms. The zero-order valence-corrected chi connectivity index (χ0v) is 15.4. The Labute approximate surface area is 155 Å². The first-order chi connectivity index (χ1) is 13.0. The average Bonchev–Trinajstić information content (AvgIpc) is 3.31. The van der Waals surface area contributed by atoms with E-state index in [0.717, 1.165) is 4.68 Å². The Bertz CT molecular complexity index is 946. The molecule has 0 aliphatic rings. The summed E-state index contributed by atoms with van der Waals surface area (Å²) in [5.41, 5.74) is 0.898. The standard InChI is InChI=1S/C18H21N5O4/c1-13(15-9-10-27-20-15)21(2)17(24)11-22-18(25)23(16(19-22)12-26-3)14-7-5-4-6-8-14/h4-10,13H,11-12H2,1-3H3/t13-/m0/s1. The second-order valence-corrected chi connectivity index (χ2v) is 6.07. The largest absolute Gasteiger partial charge is 0.377 e. The van der Waals surface area contributed by atoms with Crippen LogP contribution in [-0.4, -0.2) is 44.5 Å². The number of hydrogen-bond donors (Lipinski definition) is 0. The van der Waals surface area contributed by atoms with Crippen LogP contribution in [0.2, 0.25) is 0 Å². The molecule has 9 nitrogen and oxygen atoms in total. The molecule has 0 radical (unpaired) electrons. The third-order valence-electron chi connectivity index (χ3n) is 4.34. The molecule has 0 saturated carbocycles. The molecule has 1 aromatic carbocycles. The van der Waals surface area contributed by atoms with Gasteiger partial charge in [0.2, 0.25) is 5.91 Å². The summed E-state index contributed by atoms with van der Waals surface area (Å²) >= 11 is 0. The fourth-order valence-electron chi connectivity index (χ4n) is 2.71. The molecule has 1 amide bonds. The van der Waals surface area contributed by atoms with Crippen molar-refractivity contribution < 1.29 is 14.1 Å². The van der Waals surface area contributed by atoms with E-state index in [2.05, 4.69) is 10.3 Å². The van der Waals surface area contributed by atoms with Crippen molar-refractivity contribution in [2.24, 2.45) is 0 Å². The highest BCUT2D eigenvalue weighted by molar-refractivity contribution is 5.76. The molecule has 0 N–H and O–H groups in total. The van der Waals surface area contributed by atoms with Crippen molar-refractivity contribution in [2.45, 2.75) is 26.1 Å². The van der Waals surface area contributed by atoms with Crippen LogP contribution in [0, 0.1) is 0 Å². The second-order valence-electron chi connectivity index (χ2n) is 6.07. The number of ether oxygens (including phenoxy) is 1. The van der Waals surface area contributed by atoms with Gasteiger partial charge in [-0.15, -0.1) is 0 Å². The van der Waals surface area contributed by atoms with E-state index in [4.69, 9.17) is 9.26 Å². The first-order valence-electron chi connectivity index (χ1n) is 8.42. The molecule has 0 aliphatic carbocycles. The Hall–Kier alpha value is -3.20. The maximum Gasteiger partial charge on any atom is 0.351 e. The number of carbonyl (C=O) groups is 1. The van der Waals surface area contributed by atoms with E-state index in [1.807, 2.05) is 25.1 Å². The highest BCUT2D eigenvalue weighted by Crippen LogP contribution is 2.16. The lowest BCUT2D eigenvalue weighted by molar-refractivity contribution is -0.132. The highest BCUT2D eigenvalue weighted by atomic mass is 16.5. The van der Waals surface area contributed by atoms with Crippen LogP contribution in [0.3, 0.4) is 0 Å². The van der Waals surface area contributed by atoms with Gasteiger partial charge in [-0.2, -0.15) is 5.10 Å². The Morgan fingerprint density at radius 2 is 2.04 bits per heavy atom. The summed E-state index contributed by atoms with van der Waals surface area (Å²) in [4.78, 5) is 27.0. The number of methoxy groups -OCH3 is 1. The van der Waals surface area contributed by atoms with Crippen molar-refractivity contribution in [3.8, 4) is 5.69 Å². The molecule has 1 atom stereocenters. The first-order valence-corrected chi connectivity index (χ1v) is 8.42. The minimum Gasteiger partial charge on any atom is -0.377 e. The molecule has 0 saturated heterocycles. The highest BCUT2D eigenvalue weighted by Gasteiger charge is 2.22. The summed E-state index contributed by atoms with van der Waals surface area (Å²) in [7, 11) is 3.17. The van der Waals surface area contributed by atoms with Crippen molar-refractivity contribution in [3.63, 3.8) is 0 Å².